The van der Waals surface area contributed by atoms with E-state index < -0.39 is 10.0 Å². The normalized spacial score (nSPS) is 11.2. The van der Waals surface area contributed by atoms with Crippen LogP contribution in [-0.2, 0) is 14.8 Å². The van der Waals surface area contributed by atoms with Gasteiger partial charge in [0.15, 0.2) is 0 Å². The first-order valence-electron chi connectivity index (χ1n) is 7.18. The van der Waals surface area contributed by atoms with Crippen LogP contribution in [0.4, 0.5) is 5.69 Å². The Kier molecular flexibility index (Phi) is 6.68. The van der Waals surface area contributed by atoms with E-state index >= 15 is 0 Å². The summed E-state index contributed by atoms with van der Waals surface area (Å²) in [6.07, 6.45) is 1.11. The highest BCUT2D eigenvalue weighted by atomic mass is 32.2. The van der Waals surface area contributed by atoms with Crippen molar-refractivity contribution in [2.24, 2.45) is 5.92 Å². The van der Waals surface area contributed by atoms with E-state index in [0.717, 1.165) is 6.26 Å². The molecule has 8 heteroatoms. The van der Waals surface area contributed by atoms with Crippen molar-refractivity contribution in [3.05, 3.63) is 18.2 Å². The Morgan fingerprint density at radius 2 is 1.91 bits per heavy atom. The number of rotatable bonds is 8. The summed E-state index contributed by atoms with van der Waals surface area (Å²) in [7, 11) is -0.551. The molecule has 1 N–H and O–H groups in total. The molecule has 7 nitrogen and oxygen atoms in total. The van der Waals surface area contributed by atoms with E-state index in [4.69, 9.17) is 9.47 Å². The van der Waals surface area contributed by atoms with Crippen molar-refractivity contribution < 1.29 is 22.7 Å². The number of carbonyl (C=O) groups excluding carboxylic acids is 1. The van der Waals surface area contributed by atoms with Crippen molar-refractivity contribution in [1.82, 2.24) is 5.32 Å². The second-order valence-corrected chi connectivity index (χ2v) is 7.23. The van der Waals surface area contributed by atoms with Gasteiger partial charge < -0.3 is 14.8 Å². The zero-order valence-corrected chi connectivity index (χ0v) is 14.9. The number of nitrogens with one attached hydrogen (secondary N) is 1. The molecule has 0 aliphatic rings. The summed E-state index contributed by atoms with van der Waals surface area (Å²) < 4.78 is 35.7. The van der Waals surface area contributed by atoms with E-state index in [2.05, 4.69) is 5.32 Å². The summed E-state index contributed by atoms with van der Waals surface area (Å²) in [5.41, 5.74) is 0.398. The summed E-state index contributed by atoms with van der Waals surface area (Å²) in [5.74, 6) is 0.662. The van der Waals surface area contributed by atoms with Gasteiger partial charge in [-0.15, -0.1) is 0 Å². The zero-order chi connectivity index (χ0) is 17.6. The Morgan fingerprint density at radius 3 is 2.39 bits per heavy atom. The number of amides is 1. The van der Waals surface area contributed by atoms with E-state index in [-0.39, 0.29) is 24.9 Å². The molecular formula is C15H24N2O5S. The molecule has 1 aromatic carbocycles. The highest BCUT2D eigenvalue weighted by molar-refractivity contribution is 7.92. The SMILES string of the molecule is COc1ccc(N(CCNC(=O)C(C)C)S(C)(=O)=O)c(OC)c1. The predicted molar refractivity (Wildman–Crippen MR) is 89.6 cm³/mol. The number of carbonyl (C=O) groups is 1. The first-order chi connectivity index (χ1) is 10.7. The van der Waals surface area contributed by atoms with Crippen LogP contribution in [0.2, 0.25) is 0 Å². The fourth-order valence-electron chi connectivity index (χ4n) is 1.94. The fourth-order valence-corrected chi connectivity index (χ4v) is 2.87. The van der Waals surface area contributed by atoms with E-state index in [9.17, 15) is 13.2 Å². The Bertz CT molecular complexity index is 643. The van der Waals surface area contributed by atoms with Crippen LogP contribution >= 0.6 is 0 Å². The number of anilines is 1. The van der Waals surface area contributed by atoms with Gasteiger partial charge in [-0.25, -0.2) is 8.42 Å². The van der Waals surface area contributed by atoms with E-state index in [1.54, 1.807) is 32.0 Å². The highest BCUT2D eigenvalue weighted by Gasteiger charge is 2.21. The maximum absolute atomic E-state index is 12.1. The lowest BCUT2D eigenvalue weighted by molar-refractivity contribution is -0.123. The van der Waals surface area contributed by atoms with Gasteiger partial charge in [-0.3, -0.25) is 9.10 Å². The van der Waals surface area contributed by atoms with Crippen LogP contribution in [0.1, 0.15) is 13.8 Å². The summed E-state index contributed by atoms with van der Waals surface area (Å²) in [6.45, 7) is 3.87. The van der Waals surface area contributed by atoms with Gasteiger partial charge in [0.2, 0.25) is 15.9 Å². The summed E-state index contributed by atoms with van der Waals surface area (Å²) in [4.78, 5) is 11.6. The molecule has 0 spiro atoms. The van der Waals surface area contributed by atoms with Crippen LogP contribution in [0.25, 0.3) is 0 Å². The molecule has 0 radical (unpaired) electrons. The fraction of sp³-hybridized carbons (Fsp3) is 0.533. The molecule has 0 aliphatic carbocycles. The first kappa shape index (κ1) is 19.1. The van der Waals surface area contributed by atoms with Gasteiger partial charge >= 0.3 is 0 Å². The summed E-state index contributed by atoms with van der Waals surface area (Å²) >= 11 is 0. The molecule has 0 saturated heterocycles. The van der Waals surface area contributed by atoms with Gasteiger partial charge in [0, 0.05) is 18.5 Å². The molecule has 1 aromatic rings. The maximum atomic E-state index is 12.1. The molecule has 23 heavy (non-hydrogen) atoms. The molecule has 0 bridgehead atoms. The van der Waals surface area contributed by atoms with E-state index in [1.165, 1.54) is 18.5 Å². The number of methoxy groups -OCH3 is 2. The lowest BCUT2D eigenvalue weighted by atomic mass is 10.2. The van der Waals surface area contributed by atoms with E-state index in [0.29, 0.717) is 17.2 Å². The summed E-state index contributed by atoms with van der Waals surface area (Å²) in [5, 5.41) is 2.70. The monoisotopic (exact) mass is 344 g/mol. The van der Waals surface area contributed by atoms with Gasteiger partial charge in [-0.1, -0.05) is 13.8 Å². The average molecular weight is 344 g/mol. The Hall–Kier alpha value is -1.96. The lowest BCUT2D eigenvalue weighted by Crippen LogP contribution is -2.39. The molecular weight excluding hydrogens is 320 g/mol. The first-order valence-corrected chi connectivity index (χ1v) is 9.03. The van der Waals surface area contributed by atoms with Gasteiger partial charge in [-0.2, -0.15) is 0 Å². The molecule has 130 valence electrons. The Labute approximate surface area is 137 Å². The van der Waals surface area contributed by atoms with Crippen molar-refractivity contribution in [2.75, 3.05) is 37.9 Å². The van der Waals surface area contributed by atoms with Gasteiger partial charge in [0.05, 0.1) is 32.7 Å². The third kappa shape index (κ3) is 5.31. The third-order valence-electron chi connectivity index (χ3n) is 3.19. The number of hydrogen-bond acceptors (Lipinski definition) is 5. The van der Waals surface area contributed by atoms with Gasteiger partial charge in [0.25, 0.3) is 0 Å². The minimum atomic E-state index is -3.53. The number of sulfonamides is 1. The van der Waals surface area contributed by atoms with Crippen molar-refractivity contribution >= 4 is 21.6 Å². The second-order valence-electron chi connectivity index (χ2n) is 5.32. The van der Waals surface area contributed by atoms with Crippen LogP contribution in [0.3, 0.4) is 0 Å². The molecule has 0 fully saturated rings. The van der Waals surface area contributed by atoms with Crippen molar-refractivity contribution in [3.63, 3.8) is 0 Å². The molecule has 1 rings (SSSR count). The second kappa shape index (κ2) is 8.05. The van der Waals surface area contributed by atoms with Gasteiger partial charge in [-0.05, 0) is 12.1 Å². The third-order valence-corrected chi connectivity index (χ3v) is 4.37. The van der Waals surface area contributed by atoms with Crippen molar-refractivity contribution in [1.29, 1.82) is 0 Å². The molecule has 0 heterocycles. The number of nitrogens with zero attached hydrogens (tertiary/aromatic N) is 1. The highest BCUT2D eigenvalue weighted by Crippen LogP contribution is 2.33. The molecule has 0 atom stereocenters. The topological polar surface area (TPSA) is 84.9 Å². The molecule has 0 saturated carbocycles. The van der Waals surface area contributed by atoms with Crippen molar-refractivity contribution in [2.45, 2.75) is 13.8 Å². The predicted octanol–water partition coefficient (Wildman–Crippen LogP) is 1.24. The van der Waals surface area contributed by atoms with Crippen LogP contribution in [0.5, 0.6) is 11.5 Å². The van der Waals surface area contributed by atoms with E-state index in [1.807, 2.05) is 0 Å². The quantitative estimate of drug-likeness (QED) is 0.767. The average Bonchev–Trinajstić information content (AvgIpc) is 2.49. The smallest absolute Gasteiger partial charge is 0.232 e. The Balaban J connectivity index is 3.02. The van der Waals surface area contributed by atoms with Gasteiger partial charge in [0.1, 0.15) is 11.5 Å². The molecule has 0 unspecified atom stereocenters. The molecule has 0 aromatic heterocycles. The van der Waals surface area contributed by atoms with Crippen LogP contribution in [0, 0.1) is 5.92 Å². The van der Waals surface area contributed by atoms with Crippen LogP contribution < -0.4 is 19.1 Å². The zero-order valence-electron chi connectivity index (χ0n) is 14.1. The molecule has 1 amide bonds. The summed E-state index contributed by atoms with van der Waals surface area (Å²) in [6, 6.07) is 4.88. The lowest BCUT2D eigenvalue weighted by Gasteiger charge is -2.24. The minimum Gasteiger partial charge on any atom is -0.497 e. The standard InChI is InChI=1S/C15H24N2O5S/c1-11(2)15(18)16-8-9-17(23(5,19)20)13-7-6-12(21-3)10-14(13)22-4/h6-7,10-11H,8-9H2,1-5H3,(H,16,18). The number of hydrogen-bond donors (Lipinski definition) is 1. The maximum Gasteiger partial charge on any atom is 0.232 e. The largest absolute Gasteiger partial charge is 0.497 e. The molecule has 0 aliphatic heterocycles. The Morgan fingerprint density at radius 1 is 1.26 bits per heavy atom. The number of benzene rings is 1. The van der Waals surface area contributed by atoms with Crippen LogP contribution in [0.15, 0.2) is 18.2 Å². The van der Waals surface area contributed by atoms with Crippen molar-refractivity contribution in [3.8, 4) is 11.5 Å². The number of ether oxygens (including phenoxy) is 2. The minimum absolute atomic E-state index is 0.111. The van der Waals surface area contributed by atoms with Crippen LogP contribution in [-0.4, -0.2) is 47.9 Å².